The Morgan fingerprint density at radius 2 is 2.33 bits per heavy atom. The molecular formula is C11H11F2N3O2. The highest BCUT2D eigenvalue weighted by Gasteiger charge is 2.23. The van der Waals surface area contributed by atoms with Crippen molar-refractivity contribution in [2.75, 3.05) is 6.61 Å². The number of alkyl halides is 2. The first kappa shape index (κ1) is 14.0. The molecule has 0 unspecified atom stereocenters. The summed E-state index contributed by atoms with van der Waals surface area (Å²) in [7, 11) is 0. The fourth-order valence-electron chi connectivity index (χ4n) is 1.43. The van der Waals surface area contributed by atoms with E-state index in [2.05, 4.69) is 4.98 Å². The van der Waals surface area contributed by atoms with Crippen LogP contribution in [-0.2, 0) is 11.3 Å². The Labute approximate surface area is 102 Å². The number of carbonyl (C=O) groups is 1. The number of hydrogen-bond donors (Lipinski definition) is 1. The summed E-state index contributed by atoms with van der Waals surface area (Å²) in [4.78, 5) is 15.2. The second kappa shape index (κ2) is 6.02. The minimum absolute atomic E-state index is 0.0747. The molecule has 18 heavy (non-hydrogen) atoms. The Hall–Kier alpha value is -2.07. The molecule has 0 radical (unpaired) electrons. The molecule has 0 saturated heterocycles. The first-order chi connectivity index (χ1) is 8.54. The van der Waals surface area contributed by atoms with Crippen LogP contribution in [0.4, 0.5) is 8.78 Å². The summed E-state index contributed by atoms with van der Waals surface area (Å²) in [5.74, 6) is -0.864. The van der Waals surface area contributed by atoms with Crippen molar-refractivity contribution in [3.05, 3.63) is 28.6 Å². The zero-order valence-electron chi connectivity index (χ0n) is 9.61. The molecule has 0 atom stereocenters. The molecule has 0 aliphatic rings. The molecule has 1 aromatic heterocycles. The number of halogens is 2. The molecule has 1 rings (SSSR count). The maximum Gasteiger partial charge on any atom is 0.357 e. The number of esters is 1. The highest BCUT2D eigenvalue weighted by atomic mass is 19.3. The molecule has 0 saturated carbocycles. The van der Waals surface area contributed by atoms with Gasteiger partial charge in [0, 0.05) is 17.7 Å². The molecule has 0 aliphatic heterocycles. The normalized spacial score (nSPS) is 10.2. The topological polar surface area (TPSA) is 89.0 Å². The van der Waals surface area contributed by atoms with Gasteiger partial charge in [0.15, 0.2) is 5.69 Å². The molecule has 0 amide bonds. The largest absolute Gasteiger partial charge is 0.461 e. The molecule has 1 heterocycles. The van der Waals surface area contributed by atoms with Gasteiger partial charge in [-0.15, -0.1) is 0 Å². The van der Waals surface area contributed by atoms with Crippen LogP contribution in [0.15, 0.2) is 6.07 Å². The number of ether oxygens (including phenoxy) is 1. The smallest absolute Gasteiger partial charge is 0.357 e. The SMILES string of the molecule is CCOC(=O)c1nc(C#N)cc(C(F)F)c1CN. The van der Waals surface area contributed by atoms with Crippen LogP contribution in [-0.4, -0.2) is 17.6 Å². The predicted octanol–water partition coefficient (Wildman–Crippen LogP) is 1.53. The second-order valence-corrected chi connectivity index (χ2v) is 3.26. The van der Waals surface area contributed by atoms with E-state index in [1.54, 1.807) is 13.0 Å². The highest BCUT2D eigenvalue weighted by molar-refractivity contribution is 5.89. The molecule has 1 aromatic rings. The summed E-state index contributed by atoms with van der Waals surface area (Å²) in [6, 6.07) is 2.54. The minimum Gasteiger partial charge on any atom is -0.461 e. The third kappa shape index (κ3) is 2.78. The lowest BCUT2D eigenvalue weighted by atomic mass is 10.1. The molecule has 0 aliphatic carbocycles. The zero-order valence-corrected chi connectivity index (χ0v) is 9.61. The average Bonchev–Trinajstić information content (AvgIpc) is 2.37. The predicted molar refractivity (Wildman–Crippen MR) is 57.8 cm³/mol. The zero-order chi connectivity index (χ0) is 13.7. The van der Waals surface area contributed by atoms with Crippen molar-refractivity contribution >= 4 is 5.97 Å². The van der Waals surface area contributed by atoms with Gasteiger partial charge < -0.3 is 10.5 Å². The molecular weight excluding hydrogens is 244 g/mol. The number of nitrogens with zero attached hydrogens (tertiary/aromatic N) is 2. The van der Waals surface area contributed by atoms with E-state index in [-0.39, 0.29) is 30.1 Å². The van der Waals surface area contributed by atoms with Gasteiger partial charge in [0.2, 0.25) is 0 Å². The fraction of sp³-hybridized carbons (Fsp3) is 0.364. The van der Waals surface area contributed by atoms with Gasteiger partial charge in [0.1, 0.15) is 11.8 Å². The van der Waals surface area contributed by atoms with E-state index in [0.29, 0.717) is 0 Å². The summed E-state index contributed by atoms with van der Waals surface area (Å²) in [6.45, 7) is 1.36. The van der Waals surface area contributed by atoms with Crippen LogP contribution >= 0.6 is 0 Å². The van der Waals surface area contributed by atoms with Gasteiger partial charge in [-0.05, 0) is 13.0 Å². The Balaban J connectivity index is 3.43. The Morgan fingerprint density at radius 1 is 1.67 bits per heavy atom. The number of pyridine rings is 1. The van der Waals surface area contributed by atoms with Gasteiger partial charge >= 0.3 is 5.97 Å². The second-order valence-electron chi connectivity index (χ2n) is 3.26. The van der Waals surface area contributed by atoms with Crippen molar-refractivity contribution in [1.29, 1.82) is 5.26 Å². The number of rotatable bonds is 4. The van der Waals surface area contributed by atoms with Crippen LogP contribution in [0.25, 0.3) is 0 Å². The molecule has 7 heteroatoms. The molecule has 2 N–H and O–H groups in total. The van der Waals surface area contributed by atoms with Crippen LogP contribution in [0.5, 0.6) is 0 Å². The quantitative estimate of drug-likeness (QED) is 0.824. The van der Waals surface area contributed by atoms with E-state index >= 15 is 0 Å². The third-order valence-electron chi connectivity index (χ3n) is 2.18. The van der Waals surface area contributed by atoms with E-state index < -0.39 is 18.0 Å². The first-order valence-corrected chi connectivity index (χ1v) is 5.14. The average molecular weight is 255 g/mol. The number of hydrogen-bond acceptors (Lipinski definition) is 5. The van der Waals surface area contributed by atoms with E-state index in [1.807, 2.05) is 0 Å². The van der Waals surface area contributed by atoms with Gasteiger partial charge in [-0.3, -0.25) is 0 Å². The van der Waals surface area contributed by atoms with Crippen LogP contribution in [0.3, 0.4) is 0 Å². The molecule has 0 spiro atoms. The maximum absolute atomic E-state index is 12.8. The number of aromatic nitrogens is 1. The van der Waals surface area contributed by atoms with Crippen molar-refractivity contribution in [3.63, 3.8) is 0 Å². The third-order valence-corrected chi connectivity index (χ3v) is 2.18. The Kier molecular flexibility index (Phi) is 4.68. The summed E-state index contributed by atoms with van der Waals surface area (Å²) in [5.41, 5.74) is 4.19. The molecule has 0 fully saturated rings. The van der Waals surface area contributed by atoms with Crippen LogP contribution in [0, 0.1) is 11.3 Å². The van der Waals surface area contributed by atoms with Crippen molar-refractivity contribution in [3.8, 4) is 6.07 Å². The van der Waals surface area contributed by atoms with Crippen LogP contribution in [0.1, 0.15) is 40.7 Å². The van der Waals surface area contributed by atoms with E-state index in [4.69, 9.17) is 15.7 Å². The summed E-state index contributed by atoms with van der Waals surface area (Å²) in [5, 5.41) is 8.70. The number of carbonyl (C=O) groups excluding carboxylic acids is 1. The lowest BCUT2D eigenvalue weighted by molar-refractivity contribution is 0.0517. The van der Waals surface area contributed by atoms with E-state index in [1.165, 1.54) is 0 Å². The van der Waals surface area contributed by atoms with E-state index in [9.17, 15) is 13.6 Å². The van der Waals surface area contributed by atoms with Gasteiger partial charge in [0.05, 0.1) is 6.61 Å². The lowest BCUT2D eigenvalue weighted by Gasteiger charge is -2.11. The molecule has 0 bridgehead atoms. The monoisotopic (exact) mass is 255 g/mol. The van der Waals surface area contributed by atoms with Crippen molar-refractivity contribution in [1.82, 2.24) is 4.98 Å². The number of nitrogens with two attached hydrogens (primary N) is 1. The summed E-state index contributed by atoms with van der Waals surface area (Å²) >= 11 is 0. The fourth-order valence-corrected chi connectivity index (χ4v) is 1.43. The molecule has 0 aromatic carbocycles. The van der Waals surface area contributed by atoms with Gasteiger partial charge in [0.25, 0.3) is 6.43 Å². The maximum atomic E-state index is 12.8. The van der Waals surface area contributed by atoms with Crippen LogP contribution < -0.4 is 5.73 Å². The highest BCUT2D eigenvalue weighted by Crippen LogP contribution is 2.25. The van der Waals surface area contributed by atoms with Crippen molar-refractivity contribution < 1.29 is 18.3 Å². The lowest BCUT2D eigenvalue weighted by Crippen LogP contribution is -2.16. The minimum atomic E-state index is -2.84. The Bertz CT molecular complexity index is 498. The molecule has 96 valence electrons. The van der Waals surface area contributed by atoms with Gasteiger partial charge in [-0.2, -0.15) is 5.26 Å². The van der Waals surface area contributed by atoms with E-state index in [0.717, 1.165) is 6.07 Å². The molecule has 5 nitrogen and oxygen atoms in total. The Morgan fingerprint density at radius 3 is 2.78 bits per heavy atom. The van der Waals surface area contributed by atoms with Crippen molar-refractivity contribution in [2.45, 2.75) is 19.9 Å². The summed E-state index contributed by atoms with van der Waals surface area (Å²) < 4.78 is 30.3. The van der Waals surface area contributed by atoms with Crippen LogP contribution in [0.2, 0.25) is 0 Å². The first-order valence-electron chi connectivity index (χ1n) is 5.14. The standard InChI is InChI=1S/C11H11F2N3O2/c1-2-18-11(17)9-8(5-15)7(10(12)13)3-6(4-14)16-9/h3,10H,2,5,15H2,1H3. The summed E-state index contributed by atoms with van der Waals surface area (Å²) in [6.07, 6.45) is -2.84. The van der Waals surface area contributed by atoms with Gasteiger partial charge in [-0.25, -0.2) is 18.6 Å². The van der Waals surface area contributed by atoms with Gasteiger partial charge in [-0.1, -0.05) is 0 Å². The number of nitriles is 1. The van der Waals surface area contributed by atoms with Crippen molar-refractivity contribution in [2.24, 2.45) is 5.73 Å².